The van der Waals surface area contributed by atoms with Crippen molar-refractivity contribution in [2.75, 3.05) is 28.3 Å². The molecule has 14 heteroatoms. The summed E-state index contributed by atoms with van der Waals surface area (Å²) in [5, 5.41) is 45.6. The predicted octanol–water partition coefficient (Wildman–Crippen LogP) is 2.44. The summed E-state index contributed by atoms with van der Waals surface area (Å²) in [7, 11) is 6.77. The van der Waals surface area contributed by atoms with E-state index in [4.69, 9.17) is 33.2 Å². The monoisotopic (exact) mass is 747 g/mol. The number of rotatable bonds is 8. The van der Waals surface area contributed by atoms with Crippen molar-refractivity contribution < 1.29 is 63.2 Å². The molecule has 3 rings (SSSR count). The molecule has 0 aromatic carbocycles. The Hall–Kier alpha value is -1.30. The molecule has 3 aliphatic heterocycles. The summed E-state index contributed by atoms with van der Waals surface area (Å²) in [6.45, 7) is 17.1. The van der Waals surface area contributed by atoms with Crippen LogP contribution in [0.1, 0.15) is 94.9 Å². The minimum absolute atomic E-state index is 0.111. The average molecular weight is 748 g/mol. The number of hydrogen-bond acceptors (Lipinski definition) is 14. The highest BCUT2D eigenvalue weighted by Crippen LogP contribution is 2.41. The standard InChI is InChI=1S/C38H69NO13/c1-15-26-38(10,45)31(42)21(4)28(40)19(2)17-37(9,47-14)33(52-35-29(41)25(39(11)12)16-20(3)48-35)22(5)30(23(6)34(44)50-26)51-27-18-36(8,46-13)32(43)24(7)49-27/h19-27,29-33,35,41-43,45H,15-18H2,1-14H3/t19-,20?,21+,22?,23-,24?,25?,26-,27?,29?,30+,31-,32?,33-,35?,36?,37-,38-/m1/s1. The number of ketones is 1. The molecule has 52 heavy (non-hydrogen) atoms. The highest BCUT2D eigenvalue weighted by molar-refractivity contribution is 5.83. The molecule has 0 bridgehead atoms. The third-order valence-corrected chi connectivity index (χ3v) is 12.3. The van der Waals surface area contributed by atoms with Crippen LogP contribution >= 0.6 is 0 Å². The van der Waals surface area contributed by atoms with Gasteiger partial charge in [0, 0.05) is 44.4 Å². The number of carbonyl (C=O) groups is 2. The average Bonchev–Trinajstić information content (AvgIpc) is 3.09. The van der Waals surface area contributed by atoms with Gasteiger partial charge in [-0.05, 0) is 74.9 Å². The molecule has 0 radical (unpaired) electrons. The van der Waals surface area contributed by atoms with E-state index in [1.165, 1.54) is 21.1 Å². The number of Topliss-reactive ketones (excluding diaryl/α,β-unsaturated/α-hetero) is 1. The van der Waals surface area contributed by atoms with Crippen molar-refractivity contribution in [2.45, 2.75) is 179 Å². The van der Waals surface area contributed by atoms with Crippen LogP contribution in [0.5, 0.6) is 0 Å². The van der Waals surface area contributed by atoms with E-state index in [2.05, 4.69) is 0 Å². The van der Waals surface area contributed by atoms with E-state index in [0.717, 1.165) is 0 Å². The van der Waals surface area contributed by atoms with Gasteiger partial charge in [-0.1, -0.05) is 27.7 Å². The first-order valence-electron chi connectivity index (χ1n) is 18.9. The Morgan fingerprint density at radius 2 is 1.44 bits per heavy atom. The zero-order chi connectivity index (χ0) is 39.7. The van der Waals surface area contributed by atoms with Crippen LogP contribution in [0.3, 0.4) is 0 Å². The van der Waals surface area contributed by atoms with E-state index >= 15 is 0 Å². The third-order valence-electron chi connectivity index (χ3n) is 12.3. The SMILES string of the molecule is CC[C@H]1OC(=O)[C@H](C)[C@@H](OC2CC(C)(OC)C(O)C(C)O2)C(C)[C@@H](OC2OC(C)CC(N(C)C)C2O)[C@](C)(OC)C[C@@H](C)C(=O)[C@H](C)[C@@H](O)[C@]1(C)O. The Morgan fingerprint density at radius 1 is 0.846 bits per heavy atom. The van der Waals surface area contributed by atoms with Gasteiger partial charge in [0.15, 0.2) is 12.6 Å². The number of methoxy groups -OCH3 is 2. The molecule has 3 aliphatic rings. The van der Waals surface area contributed by atoms with Crippen LogP contribution < -0.4 is 0 Å². The van der Waals surface area contributed by atoms with Gasteiger partial charge in [0.25, 0.3) is 0 Å². The first-order chi connectivity index (χ1) is 24.0. The normalized spacial score (nSPS) is 49.0. The topological polar surface area (TPSA) is 183 Å². The van der Waals surface area contributed by atoms with Gasteiger partial charge in [-0.25, -0.2) is 0 Å². The van der Waals surface area contributed by atoms with Crippen molar-refractivity contribution in [1.82, 2.24) is 4.90 Å². The summed E-state index contributed by atoms with van der Waals surface area (Å²) in [6, 6.07) is -0.283. The number of nitrogens with zero attached hydrogens (tertiary/aromatic N) is 1. The molecular weight excluding hydrogens is 678 g/mol. The van der Waals surface area contributed by atoms with Crippen LogP contribution in [0, 0.1) is 23.7 Å². The molecule has 18 atom stereocenters. The first kappa shape index (κ1) is 45.1. The number of ether oxygens (including phenoxy) is 7. The molecule has 0 spiro atoms. The van der Waals surface area contributed by atoms with Crippen LogP contribution in [0.4, 0.5) is 0 Å². The molecule has 4 N–H and O–H groups in total. The number of likely N-dealkylation sites (N-methyl/N-ethyl adjacent to an activating group) is 1. The van der Waals surface area contributed by atoms with Gasteiger partial charge in [0.1, 0.15) is 29.7 Å². The Balaban J connectivity index is 2.22. The molecule has 0 aromatic rings. The lowest BCUT2D eigenvalue weighted by atomic mass is 9.74. The second-order valence-electron chi connectivity index (χ2n) is 16.6. The highest BCUT2D eigenvalue weighted by atomic mass is 16.7. The van der Waals surface area contributed by atoms with Crippen molar-refractivity contribution in [3.05, 3.63) is 0 Å². The predicted molar refractivity (Wildman–Crippen MR) is 191 cm³/mol. The van der Waals surface area contributed by atoms with E-state index in [1.807, 2.05) is 32.8 Å². The molecule has 3 saturated heterocycles. The van der Waals surface area contributed by atoms with E-state index in [1.54, 1.807) is 48.5 Å². The van der Waals surface area contributed by atoms with E-state index < -0.39 is 102 Å². The van der Waals surface area contributed by atoms with Gasteiger partial charge in [-0.2, -0.15) is 0 Å². The van der Waals surface area contributed by atoms with Gasteiger partial charge in [-0.15, -0.1) is 0 Å². The second kappa shape index (κ2) is 17.7. The molecular formula is C38H69NO13. The van der Waals surface area contributed by atoms with Crippen LogP contribution in [0.2, 0.25) is 0 Å². The number of aliphatic hydroxyl groups is 4. The quantitative estimate of drug-likeness (QED) is 0.266. The Bertz CT molecular complexity index is 1190. The van der Waals surface area contributed by atoms with E-state index in [9.17, 15) is 30.0 Å². The Labute approximate surface area is 310 Å². The zero-order valence-corrected chi connectivity index (χ0v) is 33.9. The summed E-state index contributed by atoms with van der Waals surface area (Å²) >= 11 is 0. The smallest absolute Gasteiger partial charge is 0.311 e. The third kappa shape index (κ3) is 9.38. The lowest BCUT2D eigenvalue weighted by molar-refractivity contribution is -0.319. The molecule has 0 aliphatic carbocycles. The maximum Gasteiger partial charge on any atom is 0.311 e. The minimum Gasteiger partial charge on any atom is -0.459 e. The van der Waals surface area contributed by atoms with Crippen molar-refractivity contribution in [1.29, 1.82) is 0 Å². The summed E-state index contributed by atoms with van der Waals surface area (Å²) in [6.07, 6.45) is -8.73. The minimum atomic E-state index is -1.96. The van der Waals surface area contributed by atoms with Crippen LogP contribution in [-0.2, 0) is 42.7 Å². The number of esters is 1. The van der Waals surface area contributed by atoms with Gasteiger partial charge in [-0.3, -0.25) is 9.59 Å². The van der Waals surface area contributed by atoms with E-state index in [-0.39, 0.29) is 37.2 Å². The van der Waals surface area contributed by atoms with Crippen molar-refractivity contribution >= 4 is 11.8 Å². The molecule has 0 saturated carbocycles. The van der Waals surface area contributed by atoms with Gasteiger partial charge in [0.2, 0.25) is 0 Å². The number of hydrogen-bond donors (Lipinski definition) is 4. The van der Waals surface area contributed by atoms with Gasteiger partial charge < -0.3 is 58.5 Å². The van der Waals surface area contributed by atoms with Crippen LogP contribution in [0.15, 0.2) is 0 Å². The maximum absolute atomic E-state index is 14.2. The summed E-state index contributed by atoms with van der Waals surface area (Å²) in [4.78, 5) is 30.1. The van der Waals surface area contributed by atoms with E-state index in [0.29, 0.717) is 6.42 Å². The molecule has 0 aromatic heterocycles. The molecule has 3 fully saturated rings. The lowest BCUT2D eigenvalue weighted by Gasteiger charge is -2.50. The first-order valence-corrected chi connectivity index (χ1v) is 18.9. The molecule has 9 unspecified atom stereocenters. The van der Waals surface area contributed by atoms with Crippen molar-refractivity contribution in [3.63, 3.8) is 0 Å². The number of carbonyl (C=O) groups excluding carboxylic acids is 2. The van der Waals surface area contributed by atoms with Gasteiger partial charge >= 0.3 is 5.97 Å². The Kier molecular flexibility index (Phi) is 15.3. The van der Waals surface area contributed by atoms with Crippen LogP contribution in [-0.4, -0.2) is 150 Å². The maximum atomic E-state index is 14.2. The largest absolute Gasteiger partial charge is 0.459 e. The summed E-state index contributed by atoms with van der Waals surface area (Å²) in [5.74, 6) is -4.47. The van der Waals surface area contributed by atoms with Crippen molar-refractivity contribution in [3.8, 4) is 0 Å². The molecule has 0 amide bonds. The fourth-order valence-electron chi connectivity index (χ4n) is 8.58. The summed E-state index contributed by atoms with van der Waals surface area (Å²) < 4.78 is 43.9. The lowest BCUT2D eigenvalue weighted by Crippen LogP contribution is -2.61. The molecule has 304 valence electrons. The fraction of sp³-hybridized carbons (Fsp3) is 0.947. The Morgan fingerprint density at radius 3 is 1.98 bits per heavy atom. The summed E-state index contributed by atoms with van der Waals surface area (Å²) in [5.41, 5.74) is -4.24. The van der Waals surface area contributed by atoms with Gasteiger partial charge in [0.05, 0.1) is 47.6 Å². The number of aliphatic hydroxyl groups excluding tert-OH is 3. The van der Waals surface area contributed by atoms with Crippen LogP contribution in [0.25, 0.3) is 0 Å². The molecule has 14 nitrogen and oxygen atoms in total. The fourth-order valence-corrected chi connectivity index (χ4v) is 8.58. The zero-order valence-electron chi connectivity index (χ0n) is 33.9. The van der Waals surface area contributed by atoms with Crippen molar-refractivity contribution in [2.24, 2.45) is 23.7 Å². The second-order valence-corrected chi connectivity index (χ2v) is 16.6. The highest BCUT2D eigenvalue weighted by Gasteiger charge is 2.54. The molecule has 3 heterocycles. The number of cyclic esters (lactones) is 1.